The molecule has 0 spiro atoms. The number of hydrogen-bond donors (Lipinski definition) is 1. The standard InChI is InChI=1S/C27H22FIN4O3/c28-23-10-5-17(16-24-20-3-1-2-4-21(20)25(34)31-30-24)15-22(23)27(36)33-13-11-32(12-14-33)26(35)18-6-8-19(29)9-7-18/h1-10,15H,11-14,16H2,(H,31,34). The zero-order valence-electron chi connectivity index (χ0n) is 19.2. The Labute approximate surface area is 220 Å². The molecule has 4 aromatic rings. The molecule has 2 amide bonds. The number of rotatable bonds is 4. The summed E-state index contributed by atoms with van der Waals surface area (Å²) in [6.45, 7) is 1.41. The van der Waals surface area contributed by atoms with Crippen molar-refractivity contribution in [2.24, 2.45) is 0 Å². The van der Waals surface area contributed by atoms with E-state index in [1.165, 1.54) is 6.07 Å². The molecule has 1 saturated heterocycles. The number of carbonyl (C=O) groups excluding carboxylic acids is 2. The second kappa shape index (κ2) is 10.2. The van der Waals surface area contributed by atoms with Gasteiger partial charge in [-0.2, -0.15) is 5.10 Å². The molecule has 0 radical (unpaired) electrons. The molecule has 182 valence electrons. The molecule has 36 heavy (non-hydrogen) atoms. The van der Waals surface area contributed by atoms with E-state index in [-0.39, 0.29) is 17.0 Å². The van der Waals surface area contributed by atoms with Crippen LogP contribution >= 0.6 is 22.6 Å². The van der Waals surface area contributed by atoms with Gasteiger partial charge in [0.25, 0.3) is 17.4 Å². The third kappa shape index (κ3) is 4.88. The first-order chi connectivity index (χ1) is 17.4. The van der Waals surface area contributed by atoms with E-state index in [9.17, 15) is 18.8 Å². The van der Waals surface area contributed by atoms with Gasteiger partial charge >= 0.3 is 0 Å². The maximum Gasteiger partial charge on any atom is 0.272 e. The van der Waals surface area contributed by atoms with E-state index in [0.717, 1.165) is 3.57 Å². The highest BCUT2D eigenvalue weighted by Gasteiger charge is 2.27. The van der Waals surface area contributed by atoms with Crippen LogP contribution in [0.4, 0.5) is 4.39 Å². The van der Waals surface area contributed by atoms with E-state index in [1.54, 1.807) is 46.2 Å². The first-order valence-corrected chi connectivity index (χ1v) is 12.6. The minimum Gasteiger partial charge on any atom is -0.335 e. The maximum absolute atomic E-state index is 14.7. The van der Waals surface area contributed by atoms with Crippen molar-refractivity contribution in [3.63, 3.8) is 0 Å². The smallest absolute Gasteiger partial charge is 0.272 e. The normalized spacial score (nSPS) is 13.7. The van der Waals surface area contributed by atoms with E-state index in [2.05, 4.69) is 32.8 Å². The number of piperazine rings is 1. The number of benzene rings is 3. The molecule has 0 unspecified atom stereocenters. The molecule has 1 fully saturated rings. The molecule has 9 heteroatoms. The molecular weight excluding hydrogens is 574 g/mol. The molecule has 0 aliphatic carbocycles. The predicted molar refractivity (Wildman–Crippen MR) is 143 cm³/mol. The number of aromatic nitrogens is 2. The topological polar surface area (TPSA) is 86.4 Å². The lowest BCUT2D eigenvalue weighted by molar-refractivity contribution is 0.0532. The number of carbonyl (C=O) groups is 2. The largest absolute Gasteiger partial charge is 0.335 e. The van der Waals surface area contributed by atoms with Crippen LogP contribution in [0.1, 0.15) is 32.0 Å². The lowest BCUT2D eigenvalue weighted by Gasteiger charge is -2.35. The highest BCUT2D eigenvalue weighted by atomic mass is 127. The average Bonchev–Trinajstić information content (AvgIpc) is 2.91. The Kier molecular flexibility index (Phi) is 6.82. The Morgan fingerprint density at radius 2 is 1.53 bits per heavy atom. The molecule has 1 aliphatic heterocycles. The fourth-order valence-electron chi connectivity index (χ4n) is 4.40. The predicted octanol–water partition coefficient (Wildman–Crippen LogP) is 3.86. The van der Waals surface area contributed by atoms with E-state index in [4.69, 9.17) is 0 Å². The third-order valence-corrected chi connectivity index (χ3v) is 7.07. The molecule has 3 aromatic carbocycles. The van der Waals surface area contributed by atoms with Crippen LogP contribution < -0.4 is 5.56 Å². The summed E-state index contributed by atoms with van der Waals surface area (Å²) in [5.41, 5.74) is 1.66. The van der Waals surface area contributed by atoms with Gasteiger partial charge in [-0.25, -0.2) is 9.49 Å². The number of H-pyrrole nitrogens is 1. The Morgan fingerprint density at radius 3 is 2.22 bits per heavy atom. The van der Waals surface area contributed by atoms with Crippen molar-refractivity contribution >= 4 is 45.2 Å². The van der Waals surface area contributed by atoms with Gasteiger partial charge in [0, 0.05) is 47.1 Å². The number of nitrogens with one attached hydrogen (secondary N) is 1. The van der Waals surface area contributed by atoms with Crippen LogP contribution in [0, 0.1) is 9.39 Å². The average molecular weight is 596 g/mol. The van der Waals surface area contributed by atoms with E-state index in [0.29, 0.717) is 60.2 Å². The Hall–Kier alpha value is -3.60. The van der Waals surface area contributed by atoms with Crippen LogP contribution in [0.3, 0.4) is 0 Å². The number of amides is 2. The van der Waals surface area contributed by atoms with Crippen molar-refractivity contribution in [3.05, 3.63) is 109 Å². The van der Waals surface area contributed by atoms with Gasteiger partial charge in [-0.15, -0.1) is 0 Å². The Morgan fingerprint density at radius 1 is 0.889 bits per heavy atom. The quantitative estimate of drug-likeness (QED) is 0.363. The first kappa shape index (κ1) is 24.1. The zero-order valence-corrected chi connectivity index (χ0v) is 21.4. The van der Waals surface area contributed by atoms with Gasteiger partial charge in [-0.05, 0) is 70.6 Å². The van der Waals surface area contributed by atoms with Crippen LogP contribution in [0.15, 0.2) is 71.5 Å². The summed E-state index contributed by atoms with van der Waals surface area (Å²) in [5, 5.41) is 7.92. The highest BCUT2D eigenvalue weighted by Crippen LogP contribution is 2.20. The van der Waals surface area contributed by atoms with Gasteiger partial charge in [-0.3, -0.25) is 14.4 Å². The monoisotopic (exact) mass is 596 g/mol. The summed E-state index contributed by atoms with van der Waals surface area (Å²) in [5.74, 6) is -1.08. The van der Waals surface area contributed by atoms with Crippen LogP contribution in [-0.4, -0.2) is 58.0 Å². The Bertz CT molecular complexity index is 1510. The van der Waals surface area contributed by atoms with Gasteiger partial charge in [0.2, 0.25) is 0 Å². The zero-order chi connectivity index (χ0) is 25.2. The molecular formula is C27H22FIN4O3. The van der Waals surface area contributed by atoms with Crippen molar-refractivity contribution in [1.29, 1.82) is 0 Å². The van der Waals surface area contributed by atoms with Crippen LogP contribution in [0.2, 0.25) is 0 Å². The lowest BCUT2D eigenvalue weighted by atomic mass is 10.0. The minimum absolute atomic E-state index is 0.0151. The van der Waals surface area contributed by atoms with E-state index < -0.39 is 11.7 Å². The number of halogens is 2. The second-order valence-electron chi connectivity index (χ2n) is 8.63. The second-order valence-corrected chi connectivity index (χ2v) is 9.87. The number of fused-ring (bicyclic) bond motifs is 1. The van der Waals surface area contributed by atoms with E-state index in [1.807, 2.05) is 24.3 Å². The summed E-state index contributed by atoms with van der Waals surface area (Å²) >= 11 is 2.19. The summed E-state index contributed by atoms with van der Waals surface area (Å²) in [4.78, 5) is 41.3. The first-order valence-electron chi connectivity index (χ1n) is 11.5. The molecule has 1 aromatic heterocycles. The molecule has 5 rings (SSSR count). The van der Waals surface area contributed by atoms with Gasteiger partial charge in [0.1, 0.15) is 5.82 Å². The summed E-state index contributed by atoms with van der Waals surface area (Å²) in [6, 6.07) is 19.0. The molecule has 0 atom stereocenters. The molecule has 1 aliphatic rings. The van der Waals surface area contributed by atoms with Crippen LogP contribution in [0.5, 0.6) is 0 Å². The SMILES string of the molecule is O=C(c1ccc(I)cc1)N1CCN(C(=O)c2cc(Cc3n[nH]c(=O)c4ccccc34)ccc2F)CC1. The van der Waals surface area contributed by atoms with Crippen molar-refractivity contribution in [2.45, 2.75) is 6.42 Å². The van der Waals surface area contributed by atoms with Crippen LogP contribution in [-0.2, 0) is 6.42 Å². The van der Waals surface area contributed by atoms with Crippen molar-refractivity contribution in [1.82, 2.24) is 20.0 Å². The van der Waals surface area contributed by atoms with Crippen molar-refractivity contribution < 1.29 is 14.0 Å². The summed E-state index contributed by atoms with van der Waals surface area (Å²) in [6.07, 6.45) is 0.330. The molecule has 0 saturated carbocycles. The van der Waals surface area contributed by atoms with Gasteiger partial charge in [0.05, 0.1) is 16.6 Å². The van der Waals surface area contributed by atoms with Gasteiger partial charge in [-0.1, -0.05) is 24.3 Å². The molecule has 2 heterocycles. The van der Waals surface area contributed by atoms with Gasteiger partial charge < -0.3 is 9.80 Å². The van der Waals surface area contributed by atoms with Crippen molar-refractivity contribution in [3.8, 4) is 0 Å². The molecule has 0 bridgehead atoms. The number of aromatic amines is 1. The summed E-state index contributed by atoms with van der Waals surface area (Å²) in [7, 11) is 0. The molecule has 7 nitrogen and oxygen atoms in total. The van der Waals surface area contributed by atoms with Crippen molar-refractivity contribution in [2.75, 3.05) is 26.2 Å². The molecule has 1 N–H and O–H groups in total. The maximum atomic E-state index is 14.7. The summed E-state index contributed by atoms with van der Waals surface area (Å²) < 4.78 is 15.8. The van der Waals surface area contributed by atoms with E-state index >= 15 is 0 Å². The third-order valence-electron chi connectivity index (χ3n) is 6.35. The highest BCUT2D eigenvalue weighted by molar-refractivity contribution is 14.1. The lowest BCUT2D eigenvalue weighted by Crippen LogP contribution is -2.50. The Balaban J connectivity index is 1.30. The van der Waals surface area contributed by atoms with Gasteiger partial charge in [0.15, 0.2) is 0 Å². The fraction of sp³-hybridized carbons (Fsp3) is 0.185. The number of hydrogen-bond acceptors (Lipinski definition) is 4. The fourth-order valence-corrected chi connectivity index (χ4v) is 4.76. The van der Waals surface area contributed by atoms with Crippen LogP contribution in [0.25, 0.3) is 10.8 Å². The number of nitrogens with zero attached hydrogens (tertiary/aromatic N) is 3. The minimum atomic E-state index is -0.597.